The van der Waals surface area contributed by atoms with Gasteiger partial charge in [0.25, 0.3) is 0 Å². The number of piperazine rings is 1. The fourth-order valence-corrected chi connectivity index (χ4v) is 3.12. The SMILES string of the molecule is COc1ccc(C(O)CN2CCN(Cc3cnn(C)c3)CC2)cc1. The molecule has 2 aromatic rings. The van der Waals surface area contributed by atoms with E-state index in [1.165, 1.54) is 5.56 Å². The smallest absolute Gasteiger partial charge is 0.118 e. The lowest BCUT2D eigenvalue weighted by atomic mass is 10.1. The van der Waals surface area contributed by atoms with Gasteiger partial charge in [0.2, 0.25) is 0 Å². The molecule has 0 radical (unpaired) electrons. The first-order valence-corrected chi connectivity index (χ1v) is 8.38. The lowest BCUT2D eigenvalue weighted by molar-refractivity contribution is 0.0701. The van der Waals surface area contributed by atoms with Crippen molar-refractivity contribution in [2.45, 2.75) is 12.6 Å². The second-order valence-electron chi connectivity index (χ2n) is 6.39. The van der Waals surface area contributed by atoms with E-state index in [-0.39, 0.29) is 0 Å². The molecular formula is C18H26N4O2. The molecule has 0 spiro atoms. The number of methoxy groups -OCH3 is 1. The van der Waals surface area contributed by atoms with Crippen LogP contribution in [0.4, 0.5) is 0 Å². The molecule has 1 aromatic heterocycles. The number of β-amino-alcohol motifs (C(OH)–C–C–N with tert-alkyl or cyclic N) is 1. The van der Waals surface area contributed by atoms with Crippen LogP contribution in [0.25, 0.3) is 0 Å². The van der Waals surface area contributed by atoms with Crippen LogP contribution < -0.4 is 4.74 Å². The summed E-state index contributed by atoms with van der Waals surface area (Å²) in [6.07, 6.45) is 3.54. The van der Waals surface area contributed by atoms with Crippen molar-refractivity contribution in [1.29, 1.82) is 0 Å². The van der Waals surface area contributed by atoms with E-state index in [0.29, 0.717) is 6.54 Å². The number of aliphatic hydroxyl groups is 1. The Labute approximate surface area is 143 Å². The van der Waals surface area contributed by atoms with Crippen LogP contribution in [0, 0.1) is 0 Å². The number of aryl methyl sites for hydroxylation is 1. The largest absolute Gasteiger partial charge is 0.497 e. The van der Waals surface area contributed by atoms with Crippen LogP contribution in [0.3, 0.4) is 0 Å². The molecule has 1 aromatic carbocycles. The summed E-state index contributed by atoms with van der Waals surface area (Å²) in [6.45, 7) is 5.62. The quantitative estimate of drug-likeness (QED) is 0.865. The van der Waals surface area contributed by atoms with E-state index in [0.717, 1.165) is 44.0 Å². The Kier molecular flexibility index (Phi) is 5.50. The average Bonchev–Trinajstić information content (AvgIpc) is 3.01. The van der Waals surface area contributed by atoms with Gasteiger partial charge in [0.1, 0.15) is 5.75 Å². The third-order valence-electron chi connectivity index (χ3n) is 4.56. The summed E-state index contributed by atoms with van der Waals surface area (Å²) >= 11 is 0. The van der Waals surface area contributed by atoms with Gasteiger partial charge >= 0.3 is 0 Å². The Morgan fingerprint density at radius 1 is 1.12 bits per heavy atom. The molecule has 2 heterocycles. The Balaban J connectivity index is 1.45. The predicted octanol–water partition coefficient (Wildman–Crippen LogP) is 1.28. The molecule has 1 N–H and O–H groups in total. The lowest BCUT2D eigenvalue weighted by Gasteiger charge is -2.35. The van der Waals surface area contributed by atoms with Crippen LogP contribution in [0.15, 0.2) is 36.7 Å². The van der Waals surface area contributed by atoms with Crippen molar-refractivity contribution in [3.05, 3.63) is 47.8 Å². The van der Waals surface area contributed by atoms with Gasteiger partial charge in [0.05, 0.1) is 19.4 Å². The van der Waals surface area contributed by atoms with Gasteiger partial charge in [-0.3, -0.25) is 14.5 Å². The Bertz CT molecular complexity index is 633. The van der Waals surface area contributed by atoms with Crippen LogP contribution in [0.2, 0.25) is 0 Å². The number of ether oxygens (including phenoxy) is 1. The molecule has 1 saturated heterocycles. The number of nitrogens with zero attached hydrogens (tertiary/aromatic N) is 4. The van der Waals surface area contributed by atoms with Gasteiger partial charge in [0, 0.05) is 58.1 Å². The Morgan fingerprint density at radius 3 is 2.38 bits per heavy atom. The first-order valence-electron chi connectivity index (χ1n) is 8.38. The standard InChI is InChI=1S/C18H26N4O2/c1-20-12-15(11-19-20)13-21-7-9-22(10-8-21)14-18(23)16-3-5-17(24-2)6-4-16/h3-6,11-12,18,23H,7-10,13-14H2,1-2H3. The summed E-state index contributed by atoms with van der Waals surface area (Å²) in [5.41, 5.74) is 2.19. The third-order valence-corrected chi connectivity index (χ3v) is 4.56. The van der Waals surface area contributed by atoms with Gasteiger partial charge in [-0.25, -0.2) is 0 Å². The van der Waals surface area contributed by atoms with Gasteiger partial charge in [-0.1, -0.05) is 12.1 Å². The van der Waals surface area contributed by atoms with E-state index in [2.05, 4.69) is 21.1 Å². The molecule has 0 amide bonds. The maximum absolute atomic E-state index is 10.4. The molecule has 1 aliphatic rings. The fourth-order valence-electron chi connectivity index (χ4n) is 3.12. The average molecular weight is 330 g/mol. The highest BCUT2D eigenvalue weighted by Gasteiger charge is 2.20. The third kappa shape index (κ3) is 4.35. The van der Waals surface area contributed by atoms with Gasteiger partial charge in [-0.2, -0.15) is 5.10 Å². The predicted molar refractivity (Wildman–Crippen MR) is 92.9 cm³/mol. The van der Waals surface area contributed by atoms with Crippen molar-refractivity contribution >= 4 is 0 Å². The van der Waals surface area contributed by atoms with Gasteiger partial charge < -0.3 is 9.84 Å². The molecule has 0 bridgehead atoms. The van der Waals surface area contributed by atoms with E-state index in [4.69, 9.17) is 4.74 Å². The minimum atomic E-state index is -0.458. The van der Waals surface area contributed by atoms with Gasteiger partial charge in [-0.15, -0.1) is 0 Å². The Morgan fingerprint density at radius 2 is 1.79 bits per heavy atom. The molecule has 1 aliphatic heterocycles. The van der Waals surface area contributed by atoms with E-state index >= 15 is 0 Å². The molecule has 0 aliphatic carbocycles. The lowest BCUT2D eigenvalue weighted by Crippen LogP contribution is -2.47. The Hall–Kier alpha value is -1.89. The van der Waals surface area contributed by atoms with E-state index in [1.807, 2.05) is 42.2 Å². The molecule has 1 fully saturated rings. The van der Waals surface area contributed by atoms with Crippen LogP contribution in [-0.2, 0) is 13.6 Å². The maximum atomic E-state index is 10.4. The molecular weight excluding hydrogens is 304 g/mol. The van der Waals surface area contributed by atoms with Crippen molar-refractivity contribution in [2.75, 3.05) is 39.8 Å². The van der Waals surface area contributed by atoms with E-state index in [9.17, 15) is 5.11 Å². The molecule has 6 heteroatoms. The van der Waals surface area contributed by atoms with Crippen LogP contribution in [0.5, 0.6) is 5.75 Å². The van der Waals surface area contributed by atoms with Crippen molar-refractivity contribution in [2.24, 2.45) is 7.05 Å². The number of rotatable bonds is 6. The molecule has 24 heavy (non-hydrogen) atoms. The zero-order valence-corrected chi connectivity index (χ0v) is 14.4. The number of hydrogen-bond acceptors (Lipinski definition) is 5. The zero-order chi connectivity index (χ0) is 16.9. The van der Waals surface area contributed by atoms with Crippen LogP contribution in [0.1, 0.15) is 17.2 Å². The minimum absolute atomic E-state index is 0.458. The van der Waals surface area contributed by atoms with E-state index < -0.39 is 6.10 Å². The van der Waals surface area contributed by atoms with Crippen molar-refractivity contribution in [1.82, 2.24) is 19.6 Å². The van der Waals surface area contributed by atoms with Gasteiger partial charge in [0.15, 0.2) is 0 Å². The van der Waals surface area contributed by atoms with Gasteiger partial charge in [-0.05, 0) is 17.7 Å². The molecule has 0 saturated carbocycles. The van der Waals surface area contributed by atoms with Crippen molar-refractivity contribution < 1.29 is 9.84 Å². The second kappa shape index (κ2) is 7.79. The minimum Gasteiger partial charge on any atom is -0.497 e. The monoisotopic (exact) mass is 330 g/mol. The first-order chi connectivity index (χ1) is 11.6. The molecule has 130 valence electrons. The highest BCUT2D eigenvalue weighted by molar-refractivity contribution is 5.28. The number of aromatic nitrogens is 2. The summed E-state index contributed by atoms with van der Waals surface area (Å²) < 4.78 is 7.00. The van der Waals surface area contributed by atoms with Crippen molar-refractivity contribution in [3.8, 4) is 5.75 Å². The number of hydrogen-bond donors (Lipinski definition) is 1. The molecule has 3 rings (SSSR count). The molecule has 1 unspecified atom stereocenters. The number of aliphatic hydroxyl groups excluding tert-OH is 1. The summed E-state index contributed by atoms with van der Waals surface area (Å²) in [5, 5.41) is 14.7. The van der Waals surface area contributed by atoms with E-state index in [1.54, 1.807) is 7.11 Å². The normalized spacial score (nSPS) is 17.8. The van der Waals surface area contributed by atoms with Crippen LogP contribution in [-0.4, -0.2) is 64.5 Å². The molecule has 6 nitrogen and oxygen atoms in total. The van der Waals surface area contributed by atoms with Crippen LogP contribution >= 0.6 is 0 Å². The summed E-state index contributed by atoms with van der Waals surface area (Å²) in [7, 11) is 3.60. The number of benzene rings is 1. The molecule has 1 atom stereocenters. The van der Waals surface area contributed by atoms with Crippen molar-refractivity contribution in [3.63, 3.8) is 0 Å². The highest BCUT2D eigenvalue weighted by Crippen LogP contribution is 2.19. The summed E-state index contributed by atoms with van der Waals surface area (Å²) in [6, 6.07) is 7.65. The summed E-state index contributed by atoms with van der Waals surface area (Å²) in [5.74, 6) is 0.815. The first kappa shape index (κ1) is 17.0. The maximum Gasteiger partial charge on any atom is 0.118 e. The fraction of sp³-hybridized carbons (Fsp3) is 0.500. The summed E-state index contributed by atoms with van der Waals surface area (Å²) in [4.78, 5) is 4.77. The zero-order valence-electron chi connectivity index (χ0n) is 14.4. The highest BCUT2D eigenvalue weighted by atomic mass is 16.5. The second-order valence-corrected chi connectivity index (χ2v) is 6.39. The topological polar surface area (TPSA) is 53.8 Å².